The number of hydrogen-bond donors (Lipinski definition) is 1. The van der Waals surface area contributed by atoms with Gasteiger partial charge in [-0.3, -0.25) is 4.79 Å². The number of fused-ring (bicyclic) bond motifs is 1. The van der Waals surface area contributed by atoms with E-state index in [-0.39, 0.29) is 17.3 Å². The van der Waals surface area contributed by atoms with Crippen molar-refractivity contribution in [3.05, 3.63) is 48.0 Å². The summed E-state index contributed by atoms with van der Waals surface area (Å²) in [6.07, 6.45) is 3.42. The van der Waals surface area contributed by atoms with Gasteiger partial charge in [0.25, 0.3) is 0 Å². The number of carbonyl (C=O) groups is 1. The smallest absolute Gasteiger partial charge is 0.244 e. The quantitative estimate of drug-likeness (QED) is 0.345. The fraction of sp³-hybridized carbons (Fsp3) is 0.391. The molecular weight excluding hydrogens is 444 g/mol. The lowest BCUT2D eigenvalue weighted by molar-refractivity contribution is -0.116. The number of anilines is 1. The van der Waals surface area contributed by atoms with Gasteiger partial charge in [0.05, 0.1) is 15.9 Å². The fourth-order valence-corrected chi connectivity index (χ4v) is 5.21. The lowest BCUT2D eigenvalue weighted by Gasteiger charge is -2.15. The minimum Gasteiger partial charge on any atom is -0.324 e. The second kappa shape index (κ2) is 10.5. The second-order valence-electron chi connectivity index (χ2n) is 7.84. The van der Waals surface area contributed by atoms with Crippen molar-refractivity contribution in [3.8, 4) is 0 Å². The van der Waals surface area contributed by atoms with E-state index in [1.165, 1.54) is 26.6 Å². The minimum atomic E-state index is -3.59. The molecular formula is C23H30N4O3S2. The van der Waals surface area contributed by atoms with E-state index in [9.17, 15) is 13.2 Å². The Morgan fingerprint density at radius 2 is 1.91 bits per heavy atom. The maximum absolute atomic E-state index is 13.0. The summed E-state index contributed by atoms with van der Waals surface area (Å²) in [6, 6.07) is 12.5. The van der Waals surface area contributed by atoms with Crippen molar-refractivity contribution in [2.45, 2.75) is 49.7 Å². The Labute approximate surface area is 194 Å². The number of imidazole rings is 1. The van der Waals surface area contributed by atoms with Crippen LogP contribution in [0.2, 0.25) is 0 Å². The third-order valence-corrected chi connectivity index (χ3v) is 8.04. The summed E-state index contributed by atoms with van der Waals surface area (Å²) in [5.41, 5.74) is 3.04. The molecule has 172 valence electrons. The van der Waals surface area contributed by atoms with Crippen molar-refractivity contribution >= 4 is 44.4 Å². The van der Waals surface area contributed by atoms with Crippen molar-refractivity contribution in [2.24, 2.45) is 0 Å². The molecule has 3 aromatic rings. The van der Waals surface area contributed by atoms with Gasteiger partial charge in [-0.25, -0.2) is 17.7 Å². The highest BCUT2D eigenvalue weighted by Crippen LogP contribution is 2.26. The molecule has 0 saturated carbocycles. The van der Waals surface area contributed by atoms with Crippen LogP contribution in [0.5, 0.6) is 0 Å². The van der Waals surface area contributed by atoms with E-state index in [0.717, 1.165) is 44.7 Å². The molecule has 0 spiro atoms. The first-order valence-corrected chi connectivity index (χ1v) is 13.1. The lowest BCUT2D eigenvalue weighted by atomic mass is 10.2. The van der Waals surface area contributed by atoms with E-state index < -0.39 is 10.0 Å². The zero-order valence-corrected chi connectivity index (χ0v) is 20.6. The van der Waals surface area contributed by atoms with Crippen molar-refractivity contribution in [1.29, 1.82) is 0 Å². The first-order chi connectivity index (χ1) is 15.2. The van der Waals surface area contributed by atoms with Gasteiger partial charge in [-0.1, -0.05) is 49.7 Å². The molecule has 1 amide bonds. The van der Waals surface area contributed by atoms with Crippen LogP contribution in [0, 0.1) is 6.92 Å². The Kier molecular flexibility index (Phi) is 7.97. The number of hydrogen-bond acceptors (Lipinski definition) is 5. The van der Waals surface area contributed by atoms with E-state index in [1.54, 1.807) is 23.9 Å². The summed E-state index contributed by atoms with van der Waals surface area (Å²) in [4.78, 5) is 17.8. The van der Waals surface area contributed by atoms with Crippen LogP contribution >= 0.6 is 11.8 Å². The molecule has 9 heteroatoms. The van der Waals surface area contributed by atoms with Crippen LogP contribution < -0.4 is 5.32 Å². The number of carbonyl (C=O) groups excluding carboxylic acids is 1. The summed E-state index contributed by atoms with van der Waals surface area (Å²) in [5.74, 6) is 0.716. The largest absolute Gasteiger partial charge is 0.324 e. The Morgan fingerprint density at radius 3 is 2.62 bits per heavy atom. The molecule has 2 aromatic carbocycles. The Morgan fingerprint density at radius 1 is 1.16 bits per heavy atom. The molecule has 0 fully saturated rings. The summed E-state index contributed by atoms with van der Waals surface area (Å²) >= 11 is 1.66. The first-order valence-electron chi connectivity index (χ1n) is 10.6. The molecule has 0 aliphatic carbocycles. The second-order valence-corrected chi connectivity index (χ2v) is 11.1. The first kappa shape index (κ1) is 24.3. The van der Waals surface area contributed by atoms with Gasteiger partial charge >= 0.3 is 0 Å². The number of aryl methyl sites for hydroxylation is 1. The molecule has 0 radical (unpaired) electrons. The van der Waals surface area contributed by atoms with E-state index in [1.807, 2.05) is 35.8 Å². The van der Waals surface area contributed by atoms with Crippen molar-refractivity contribution in [1.82, 2.24) is 13.9 Å². The number of thioether (sulfide) groups is 1. The summed E-state index contributed by atoms with van der Waals surface area (Å²) < 4.78 is 28.0. The normalized spacial score (nSPS) is 11.9. The van der Waals surface area contributed by atoms with Crippen LogP contribution in [0.1, 0.15) is 31.7 Å². The van der Waals surface area contributed by atoms with E-state index in [0.29, 0.717) is 5.69 Å². The molecule has 32 heavy (non-hydrogen) atoms. The van der Waals surface area contributed by atoms with Crippen LogP contribution in [-0.2, 0) is 21.4 Å². The number of para-hydroxylation sites is 2. The van der Waals surface area contributed by atoms with Gasteiger partial charge in [0.1, 0.15) is 6.54 Å². The van der Waals surface area contributed by atoms with Crippen LogP contribution in [-0.4, -0.2) is 48.0 Å². The van der Waals surface area contributed by atoms with Crippen molar-refractivity contribution in [3.63, 3.8) is 0 Å². The average Bonchev–Trinajstić information content (AvgIpc) is 3.09. The topological polar surface area (TPSA) is 84.3 Å². The van der Waals surface area contributed by atoms with Crippen LogP contribution in [0.3, 0.4) is 0 Å². The predicted octanol–water partition coefficient (Wildman–Crippen LogP) is 4.52. The highest BCUT2D eigenvalue weighted by Gasteiger charge is 2.19. The predicted molar refractivity (Wildman–Crippen MR) is 131 cm³/mol. The molecule has 0 unspecified atom stereocenters. The molecule has 0 atom stereocenters. The van der Waals surface area contributed by atoms with Gasteiger partial charge in [0.15, 0.2) is 5.16 Å². The van der Waals surface area contributed by atoms with Gasteiger partial charge < -0.3 is 9.88 Å². The molecule has 0 aliphatic rings. The third kappa shape index (κ3) is 5.51. The zero-order chi connectivity index (χ0) is 23.3. The zero-order valence-electron chi connectivity index (χ0n) is 19.0. The van der Waals surface area contributed by atoms with Crippen molar-refractivity contribution < 1.29 is 13.2 Å². The van der Waals surface area contributed by atoms with Gasteiger partial charge in [0.2, 0.25) is 15.9 Å². The standard InChI is InChI=1S/C23H30N4O3S2/c1-5-6-9-14-31-23-25-19-10-7-8-11-21(19)27(23)16-22(28)24-20-15-18(13-12-17(20)2)32(29,30)26(3)4/h7-8,10-13,15H,5-6,9,14,16H2,1-4H3,(H,24,28). The van der Waals surface area contributed by atoms with Gasteiger partial charge in [-0.05, 0) is 43.2 Å². The number of nitrogens with one attached hydrogen (secondary N) is 1. The van der Waals surface area contributed by atoms with E-state index in [2.05, 4.69) is 12.2 Å². The molecule has 7 nitrogen and oxygen atoms in total. The van der Waals surface area contributed by atoms with Gasteiger partial charge in [-0.2, -0.15) is 0 Å². The molecule has 0 saturated heterocycles. The highest BCUT2D eigenvalue weighted by atomic mass is 32.2. The lowest BCUT2D eigenvalue weighted by Crippen LogP contribution is -2.23. The van der Waals surface area contributed by atoms with Crippen LogP contribution in [0.25, 0.3) is 11.0 Å². The average molecular weight is 475 g/mol. The number of aromatic nitrogens is 2. The monoisotopic (exact) mass is 474 g/mol. The highest BCUT2D eigenvalue weighted by molar-refractivity contribution is 7.99. The molecule has 1 N–H and O–H groups in total. The Bertz CT molecular complexity index is 1200. The maximum atomic E-state index is 13.0. The summed E-state index contributed by atoms with van der Waals surface area (Å²) in [7, 11) is -0.622. The van der Waals surface area contributed by atoms with Gasteiger partial charge in [-0.15, -0.1) is 0 Å². The number of unbranched alkanes of at least 4 members (excludes halogenated alkanes) is 2. The van der Waals surface area contributed by atoms with Crippen LogP contribution in [0.15, 0.2) is 52.5 Å². The van der Waals surface area contributed by atoms with Crippen molar-refractivity contribution in [2.75, 3.05) is 25.2 Å². The minimum absolute atomic E-state index is 0.0979. The molecule has 1 aromatic heterocycles. The van der Waals surface area contributed by atoms with Gasteiger partial charge in [0, 0.05) is 25.5 Å². The summed E-state index contributed by atoms with van der Waals surface area (Å²) in [6.45, 7) is 4.11. The molecule has 3 rings (SSSR count). The van der Waals surface area contributed by atoms with E-state index >= 15 is 0 Å². The number of benzene rings is 2. The number of rotatable bonds is 10. The SMILES string of the molecule is CCCCCSc1nc2ccccc2n1CC(=O)Nc1cc(S(=O)(=O)N(C)C)ccc1C. The number of nitrogens with zero attached hydrogens (tertiary/aromatic N) is 3. The van der Waals surface area contributed by atoms with Crippen LogP contribution in [0.4, 0.5) is 5.69 Å². The third-order valence-electron chi connectivity index (χ3n) is 5.16. The van der Waals surface area contributed by atoms with E-state index in [4.69, 9.17) is 4.98 Å². The molecule has 0 bridgehead atoms. The fourth-order valence-electron chi connectivity index (χ4n) is 3.27. The number of sulfonamides is 1. The maximum Gasteiger partial charge on any atom is 0.244 e. The summed E-state index contributed by atoms with van der Waals surface area (Å²) in [5, 5.41) is 3.71. The Hall–Kier alpha value is -2.36. The molecule has 0 aliphatic heterocycles. The molecule has 1 heterocycles. The number of amides is 1. The Balaban J connectivity index is 1.83.